The van der Waals surface area contributed by atoms with Gasteiger partial charge in [0.15, 0.2) is 11.5 Å². The van der Waals surface area contributed by atoms with E-state index in [4.69, 9.17) is 9.47 Å². The summed E-state index contributed by atoms with van der Waals surface area (Å²) in [4.78, 5) is 4.40. The quantitative estimate of drug-likeness (QED) is 0.722. The van der Waals surface area contributed by atoms with E-state index >= 15 is 0 Å². The molecule has 0 saturated carbocycles. The fraction of sp³-hybridized carbons (Fsp3) is 0.211. The molecule has 114 valence electrons. The molecule has 0 aliphatic rings. The number of aliphatic imine (C=N–C) groups is 1. The van der Waals surface area contributed by atoms with E-state index in [0.29, 0.717) is 0 Å². The maximum Gasteiger partial charge on any atom is 0.160 e. The molecule has 0 aromatic heterocycles. The predicted octanol–water partition coefficient (Wildman–Crippen LogP) is 4.03. The Kier molecular flexibility index (Phi) is 6.24. The molecule has 0 fully saturated rings. The van der Waals surface area contributed by atoms with Crippen molar-refractivity contribution in [1.29, 1.82) is 0 Å². The lowest BCUT2D eigenvalue weighted by atomic mass is 10.1. The molecule has 0 spiro atoms. The third-order valence-corrected chi connectivity index (χ3v) is 3.26. The highest BCUT2D eigenvalue weighted by Crippen LogP contribution is 2.27. The summed E-state index contributed by atoms with van der Waals surface area (Å²) in [6, 6.07) is 16.1. The Bertz CT molecular complexity index is 633. The smallest absolute Gasteiger partial charge is 0.160 e. The first-order valence-electron chi connectivity index (χ1n) is 7.26. The molecule has 22 heavy (non-hydrogen) atoms. The molecule has 3 heteroatoms. The first kappa shape index (κ1) is 15.8. The SMILES string of the molecule is COc1ccc(CCN=C/C=C/c2ccccc2)cc1OC. The largest absolute Gasteiger partial charge is 0.493 e. The van der Waals surface area contributed by atoms with Crippen LogP contribution in [0.3, 0.4) is 0 Å². The molecular formula is C19H21NO2. The van der Waals surface area contributed by atoms with Crippen molar-refractivity contribution >= 4 is 12.3 Å². The summed E-state index contributed by atoms with van der Waals surface area (Å²) in [7, 11) is 3.29. The van der Waals surface area contributed by atoms with Gasteiger partial charge in [0.25, 0.3) is 0 Å². The van der Waals surface area contributed by atoms with E-state index in [2.05, 4.69) is 17.1 Å². The fourth-order valence-corrected chi connectivity index (χ4v) is 2.08. The van der Waals surface area contributed by atoms with Crippen LogP contribution in [0.2, 0.25) is 0 Å². The van der Waals surface area contributed by atoms with Crippen LogP contribution in [0, 0.1) is 0 Å². The van der Waals surface area contributed by atoms with Gasteiger partial charge in [-0.1, -0.05) is 42.5 Å². The Balaban J connectivity index is 1.83. The van der Waals surface area contributed by atoms with Crippen molar-refractivity contribution in [2.24, 2.45) is 4.99 Å². The lowest BCUT2D eigenvalue weighted by Crippen LogP contribution is -1.94. The minimum atomic E-state index is 0.745. The first-order chi connectivity index (χ1) is 10.8. The van der Waals surface area contributed by atoms with Crippen molar-refractivity contribution in [1.82, 2.24) is 0 Å². The van der Waals surface area contributed by atoms with E-state index in [1.807, 2.05) is 54.8 Å². The molecule has 0 amide bonds. The van der Waals surface area contributed by atoms with E-state index in [9.17, 15) is 0 Å². The van der Waals surface area contributed by atoms with Gasteiger partial charge < -0.3 is 9.47 Å². The molecule has 0 bridgehead atoms. The van der Waals surface area contributed by atoms with Crippen LogP contribution in [-0.4, -0.2) is 27.0 Å². The summed E-state index contributed by atoms with van der Waals surface area (Å²) >= 11 is 0. The standard InChI is InChI=1S/C19H21NO2/c1-21-18-11-10-17(15-19(18)22-2)12-14-20-13-6-9-16-7-4-3-5-8-16/h3-11,13,15H,12,14H2,1-2H3/b9-6+,20-13?. The predicted molar refractivity (Wildman–Crippen MR) is 92.1 cm³/mol. The zero-order valence-corrected chi connectivity index (χ0v) is 13.0. The summed E-state index contributed by atoms with van der Waals surface area (Å²) in [6.45, 7) is 0.745. The molecule has 0 radical (unpaired) electrons. The van der Waals surface area contributed by atoms with Gasteiger partial charge in [-0.25, -0.2) is 0 Å². The highest BCUT2D eigenvalue weighted by Gasteiger charge is 2.03. The summed E-state index contributed by atoms with van der Waals surface area (Å²) in [6.07, 6.45) is 6.72. The number of benzene rings is 2. The third kappa shape index (κ3) is 4.77. The Morgan fingerprint density at radius 1 is 0.955 bits per heavy atom. The van der Waals surface area contributed by atoms with Crippen LogP contribution in [0.15, 0.2) is 59.6 Å². The van der Waals surface area contributed by atoms with Gasteiger partial charge in [-0.2, -0.15) is 0 Å². The van der Waals surface area contributed by atoms with Gasteiger partial charge in [0, 0.05) is 12.8 Å². The molecule has 2 aromatic rings. The van der Waals surface area contributed by atoms with Gasteiger partial charge in [0.05, 0.1) is 14.2 Å². The van der Waals surface area contributed by atoms with Crippen molar-refractivity contribution in [3.8, 4) is 11.5 Å². The van der Waals surface area contributed by atoms with Crippen LogP contribution in [-0.2, 0) is 6.42 Å². The average molecular weight is 295 g/mol. The lowest BCUT2D eigenvalue weighted by Gasteiger charge is -2.08. The van der Waals surface area contributed by atoms with Crippen LogP contribution in [0.4, 0.5) is 0 Å². The average Bonchev–Trinajstić information content (AvgIpc) is 2.58. The maximum absolute atomic E-state index is 5.30. The fourth-order valence-electron chi connectivity index (χ4n) is 2.08. The first-order valence-corrected chi connectivity index (χ1v) is 7.26. The maximum atomic E-state index is 5.30. The van der Waals surface area contributed by atoms with Gasteiger partial charge in [0.1, 0.15) is 0 Å². The van der Waals surface area contributed by atoms with Crippen molar-refractivity contribution < 1.29 is 9.47 Å². The normalized spacial score (nSPS) is 11.2. The lowest BCUT2D eigenvalue weighted by molar-refractivity contribution is 0.354. The summed E-state index contributed by atoms with van der Waals surface area (Å²) < 4.78 is 10.5. The summed E-state index contributed by atoms with van der Waals surface area (Å²) in [5, 5.41) is 0. The molecule has 0 unspecified atom stereocenters. The number of nitrogens with zero attached hydrogens (tertiary/aromatic N) is 1. The van der Waals surface area contributed by atoms with Crippen molar-refractivity contribution in [3.63, 3.8) is 0 Å². The van der Waals surface area contributed by atoms with Gasteiger partial charge in [0.2, 0.25) is 0 Å². The summed E-state index contributed by atoms with van der Waals surface area (Å²) in [5.74, 6) is 1.51. The number of hydrogen-bond acceptors (Lipinski definition) is 3. The second kappa shape index (κ2) is 8.67. The Morgan fingerprint density at radius 3 is 2.45 bits per heavy atom. The second-order valence-electron chi connectivity index (χ2n) is 4.76. The van der Waals surface area contributed by atoms with Crippen molar-refractivity contribution in [2.75, 3.05) is 20.8 Å². The van der Waals surface area contributed by atoms with Crippen molar-refractivity contribution in [3.05, 3.63) is 65.7 Å². The minimum absolute atomic E-state index is 0.745. The molecule has 0 heterocycles. The summed E-state index contributed by atoms with van der Waals surface area (Å²) in [5.41, 5.74) is 2.36. The molecule has 2 rings (SSSR count). The van der Waals surface area contributed by atoms with Crippen LogP contribution < -0.4 is 9.47 Å². The van der Waals surface area contributed by atoms with Crippen LogP contribution >= 0.6 is 0 Å². The number of hydrogen-bond donors (Lipinski definition) is 0. The topological polar surface area (TPSA) is 30.8 Å². The minimum Gasteiger partial charge on any atom is -0.493 e. The zero-order valence-electron chi connectivity index (χ0n) is 13.0. The van der Waals surface area contributed by atoms with Gasteiger partial charge in [-0.05, 0) is 35.8 Å². The highest BCUT2D eigenvalue weighted by molar-refractivity contribution is 5.78. The Hall–Kier alpha value is -2.55. The van der Waals surface area contributed by atoms with E-state index in [-0.39, 0.29) is 0 Å². The van der Waals surface area contributed by atoms with Crippen molar-refractivity contribution in [2.45, 2.75) is 6.42 Å². The molecule has 2 aromatic carbocycles. The van der Waals surface area contributed by atoms with Crippen LogP contribution in [0.5, 0.6) is 11.5 Å². The molecule has 0 N–H and O–H groups in total. The van der Waals surface area contributed by atoms with Crippen LogP contribution in [0.1, 0.15) is 11.1 Å². The monoisotopic (exact) mass is 295 g/mol. The zero-order chi connectivity index (χ0) is 15.6. The van der Waals surface area contributed by atoms with E-state index in [0.717, 1.165) is 24.5 Å². The van der Waals surface area contributed by atoms with Crippen LogP contribution in [0.25, 0.3) is 6.08 Å². The number of ether oxygens (including phenoxy) is 2. The van der Waals surface area contributed by atoms with E-state index in [1.165, 1.54) is 11.1 Å². The van der Waals surface area contributed by atoms with E-state index in [1.54, 1.807) is 14.2 Å². The van der Waals surface area contributed by atoms with Gasteiger partial charge in [-0.15, -0.1) is 0 Å². The number of allylic oxidation sites excluding steroid dienone is 1. The third-order valence-electron chi connectivity index (χ3n) is 3.26. The number of rotatable bonds is 7. The highest BCUT2D eigenvalue weighted by atomic mass is 16.5. The Morgan fingerprint density at radius 2 is 1.73 bits per heavy atom. The molecule has 3 nitrogen and oxygen atoms in total. The number of methoxy groups -OCH3 is 2. The van der Waals surface area contributed by atoms with Gasteiger partial charge in [-0.3, -0.25) is 4.99 Å². The van der Waals surface area contributed by atoms with Gasteiger partial charge >= 0.3 is 0 Å². The molecule has 0 atom stereocenters. The molecule has 0 aliphatic heterocycles. The van der Waals surface area contributed by atoms with E-state index < -0.39 is 0 Å². The molecular weight excluding hydrogens is 274 g/mol. The Labute approximate surface area is 131 Å². The second-order valence-corrected chi connectivity index (χ2v) is 4.76. The molecule has 0 aliphatic carbocycles. The molecule has 0 saturated heterocycles.